The van der Waals surface area contributed by atoms with E-state index in [9.17, 15) is 14.4 Å². The SMILES string of the molecule is COC(=O)CC(NC(C)=O)C(=O)NCCC1=CCCC1. The summed E-state index contributed by atoms with van der Waals surface area (Å²) in [5, 5.41) is 5.20. The van der Waals surface area contributed by atoms with Crippen molar-refractivity contribution in [2.45, 2.75) is 45.1 Å². The van der Waals surface area contributed by atoms with E-state index in [2.05, 4.69) is 21.4 Å². The van der Waals surface area contributed by atoms with Gasteiger partial charge in [-0.3, -0.25) is 14.4 Å². The Bertz CT molecular complexity index is 404. The smallest absolute Gasteiger partial charge is 0.308 e. The van der Waals surface area contributed by atoms with Crippen LogP contribution in [-0.2, 0) is 19.1 Å². The maximum Gasteiger partial charge on any atom is 0.308 e. The number of allylic oxidation sites excluding steroid dienone is 1. The largest absolute Gasteiger partial charge is 0.469 e. The van der Waals surface area contributed by atoms with E-state index in [0.717, 1.165) is 19.3 Å². The summed E-state index contributed by atoms with van der Waals surface area (Å²) >= 11 is 0. The van der Waals surface area contributed by atoms with Crippen LogP contribution in [0.1, 0.15) is 39.0 Å². The van der Waals surface area contributed by atoms with Crippen LogP contribution in [-0.4, -0.2) is 37.5 Å². The molecule has 0 saturated carbocycles. The highest BCUT2D eigenvalue weighted by molar-refractivity contribution is 5.90. The summed E-state index contributed by atoms with van der Waals surface area (Å²) in [5.74, 6) is -1.24. The highest BCUT2D eigenvalue weighted by Gasteiger charge is 2.22. The highest BCUT2D eigenvalue weighted by Crippen LogP contribution is 2.19. The molecule has 0 heterocycles. The standard InChI is InChI=1S/C14H22N2O4/c1-10(17)16-12(9-13(18)20-2)14(19)15-8-7-11-5-3-4-6-11/h5,12H,3-4,6-9H2,1-2H3,(H,15,19)(H,16,17). The Hall–Kier alpha value is -1.85. The predicted molar refractivity (Wildman–Crippen MR) is 73.8 cm³/mol. The molecule has 1 rings (SSSR count). The van der Waals surface area contributed by atoms with Gasteiger partial charge in [0.25, 0.3) is 0 Å². The second-order valence-corrected chi connectivity index (χ2v) is 4.83. The van der Waals surface area contributed by atoms with Crippen molar-refractivity contribution in [3.8, 4) is 0 Å². The van der Waals surface area contributed by atoms with Crippen molar-refractivity contribution >= 4 is 17.8 Å². The van der Waals surface area contributed by atoms with E-state index < -0.39 is 12.0 Å². The number of carbonyl (C=O) groups is 3. The zero-order valence-corrected chi connectivity index (χ0v) is 12.0. The minimum absolute atomic E-state index is 0.162. The molecular weight excluding hydrogens is 260 g/mol. The molecule has 2 amide bonds. The molecule has 1 unspecified atom stereocenters. The van der Waals surface area contributed by atoms with Gasteiger partial charge in [0, 0.05) is 13.5 Å². The average molecular weight is 282 g/mol. The molecule has 0 aliphatic heterocycles. The number of ether oxygens (including phenoxy) is 1. The molecule has 0 spiro atoms. The molecule has 2 N–H and O–H groups in total. The maximum atomic E-state index is 12.0. The van der Waals surface area contributed by atoms with Crippen LogP contribution in [0.4, 0.5) is 0 Å². The summed E-state index contributed by atoms with van der Waals surface area (Å²) in [6, 6.07) is -0.877. The number of carbonyl (C=O) groups excluding carboxylic acids is 3. The number of hydrogen-bond acceptors (Lipinski definition) is 4. The lowest BCUT2D eigenvalue weighted by Gasteiger charge is -2.16. The summed E-state index contributed by atoms with van der Waals surface area (Å²) in [6.45, 7) is 1.82. The van der Waals surface area contributed by atoms with Gasteiger partial charge in [-0.05, 0) is 25.7 Å². The van der Waals surface area contributed by atoms with E-state index in [-0.39, 0.29) is 18.2 Å². The molecule has 0 saturated heterocycles. The van der Waals surface area contributed by atoms with E-state index in [1.807, 2.05) is 0 Å². The van der Waals surface area contributed by atoms with Gasteiger partial charge in [0.05, 0.1) is 13.5 Å². The molecule has 0 aromatic rings. The van der Waals surface area contributed by atoms with E-state index in [1.165, 1.54) is 26.0 Å². The number of methoxy groups -OCH3 is 1. The minimum Gasteiger partial charge on any atom is -0.469 e. The van der Waals surface area contributed by atoms with Crippen LogP contribution < -0.4 is 10.6 Å². The van der Waals surface area contributed by atoms with Crippen molar-refractivity contribution in [3.05, 3.63) is 11.6 Å². The maximum absolute atomic E-state index is 12.0. The summed E-state index contributed by atoms with van der Waals surface area (Å²) < 4.78 is 4.52. The Labute approximate surface area is 118 Å². The van der Waals surface area contributed by atoms with E-state index in [4.69, 9.17) is 0 Å². The first kappa shape index (κ1) is 16.2. The predicted octanol–water partition coefficient (Wildman–Crippen LogP) is 0.671. The lowest BCUT2D eigenvalue weighted by Crippen LogP contribution is -2.47. The number of rotatable bonds is 7. The van der Waals surface area contributed by atoms with Gasteiger partial charge in [-0.25, -0.2) is 0 Å². The number of amides is 2. The Kier molecular flexibility index (Phi) is 6.76. The van der Waals surface area contributed by atoms with Crippen molar-refractivity contribution in [2.24, 2.45) is 0 Å². The molecule has 6 heteroatoms. The second kappa shape index (κ2) is 8.35. The molecule has 0 fully saturated rings. The molecule has 0 aromatic carbocycles. The zero-order chi connectivity index (χ0) is 15.0. The summed E-state index contributed by atoms with van der Waals surface area (Å²) in [6.07, 6.45) is 6.24. The Morgan fingerprint density at radius 2 is 2.15 bits per heavy atom. The third-order valence-electron chi connectivity index (χ3n) is 3.17. The minimum atomic E-state index is -0.877. The monoisotopic (exact) mass is 282 g/mol. The quantitative estimate of drug-likeness (QED) is 0.531. The van der Waals surface area contributed by atoms with E-state index in [1.54, 1.807) is 0 Å². The first-order chi connectivity index (χ1) is 9.52. The summed E-state index contributed by atoms with van der Waals surface area (Å²) in [5.41, 5.74) is 1.36. The molecule has 0 aromatic heterocycles. The third kappa shape index (κ3) is 5.86. The summed E-state index contributed by atoms with van der Waals surface area (Å²) in [7, 11) is 1.25. The van der Waals surface area contributed by atoms with E-state index in [0.29, 0.717) is 6.54 Å². The molecule has 0 radical (unpaired) electrons. The molecule has 1 aliphatic carbocycles. The van der Waals surface area contributed by atoms with Gasteiger partial charge in [0.2, 0.25) is 11.8 Å². The molecule has 0 bridgehead atoms. The average Bonchev–Trinajstić information content (AvgIpc) is 2.90. The van der Waals surface area contributed by atoms with Crippen LogP contribution in [0.15, 0.2) is 11.6 Å². The lowest BCUT2D eigenvalue weighted by atomic mass is 10.1. The fourth-order valence-electron chi connectivity index (χ4n) is 2.14. The van der Waals surface area contributed by atoms with Crippen molar-refractivity contribution in [1.29, 1.82) is 0 Å². The van der Waals surface area contributed by atoms with Crippen LogP contribution >= 0.6 is 0 Å². The highest BCUT2D eigenvalue weighted by atomic mass is 16.5. The van der Waals surface area contributed by atoms with Crippen LogP contribution in [0.3, 0.4) is 0 Å². The van der Waals surface area contributed by atoms with Crippen LogP contribution in [0.2, 0.25) is 0 Å². The number of nitrogens with one attached hydrogen (secondary N) is 2. The molecule has 20 heavy (non-hydrogen) atoms. The van der Waals surface area contributed by atoms with Gasteiger partial charge in [-0.15, -0.1) is 0 Å². The third-order valence-corrected chi connectivity index (χ3v) is 3.17. The molecule has 112 valence electrons. The van der Waals surface area contributed by atoms with Gasteiger partial charge < -0.3 is 15.4 Å². The van der Waals surface area contributed by atoms with Gasteiger partial charge >= 0.3 is 5.97 Å². The van der Waals surface area contributed by atoms with Crippen LogP contribution in [0.5, 0.6) is 0 Å². The lowest BCUT2D eigenvalue weighted by molar-refractivity contribution is -0.143. The van der Waals surface area contributed by atoms with Gasteiger partial charge in [-0.2, -0.15) is 0 Å². The van der Waals surface area contributed by atoms with Crippen molar-refractivity contribution < 1.29 is 19.1 Å². The van der Waals surface area contributed by atoms with Gasteiger partial charge in [0.1, 0.15) is 6.04 Å². The second-order valence-electron chi connectivity index (χ2n) is 4.83. The van der Waals surface area contributed by atoms with E-state index >= 15 is 0 Å². The Balaban J connectivity index is 2.40. The molecule has 1 atom stereocenters. The van der Waals surface area contributed by atoms with Gasteiger partial charge in [-0.1, -0.05) is 11.6 Å². The fraction of sp³-hybridized carbons (Fsp3) is 0.643. The van der Waals surface area contributed by atoms with Crippen molar-refractivity contribution in [1.82, 2.24) is 10.6 Å². The molecular formula is C14H22N2O4. The molecule has 1 aliphatic rings. The Morgan fingerprint density at radius 3 is 2.70 bits per heavy atom. The van der Waals surface area contributed by atoms with Crippen LogP contribution in [0, 0.1) is 0 Å². The van der Waals surface area contributed by atoms with Gasteiger partial charge in [0.15, 0.2) is 0 Å². The van der Waals surface area contributed by atoms with Crippen molar-refractivity contribution in [3.63, 3.8) is 0 Å². The summed E-state index contributed by atoms with van der Waals surface area (Å²) in [4.78, 5) is 34.2. The first-order valence-corrected chi connectivity index (χ1v) is 6.82. The first-order valence-electron chi connectivity index (χ1n) is 6.82. The topological polar surface area (TPSA) is 84.5 Å². The normalized spacial score (nSPS) is 15.2. The Morgan fingerprint density at radius 1 is 1.40 bits per heavy atom. The number of hydrogen-bond donors (Lipinski definition) is 2. The zero-order valence-electron chi connectivity index (χ0n) is 12.0. The fourth-order valence-corrected chi connectivity index (χ4v) is 2.14. The molecule has 6 nitrogen and oxygen atoms in total. The number of esters is 1. The van der Waals surface area contributed by atoms with Crippen molar-refractivity contribution in [2.75, 3.05) is 13.7 Å². The van der Waals surface area contributed by atoms with Crippen LogP contribution in [0.25, 0.3) is 0 Å².